The van der Waals surface area contributed by atoms with Crippen LogP contribution in [0.4, 0.5) is 5.95 Å². The van der Waals surface area contributed by atoms with E-state index >= 15 is 0 Å². The normalized spacial score (nSPS) is 11.1. The molecule has 0 bridgehead atoms. The Bertz CT molecular complexity index is 956. The van der Waals surface area contributed by atoms with Gasteiger partial charge in [-0.15, -0.1) is 0 Å². The third-order valence-corrected chi connectivity index (χ3v) is 3.96. The molecule has 0 fully saturated rings. The molecule has 0 aliphatic heterocycles. The number of hydrogen-bond acceptors (Lipinski definition) is 4. The second-order valence-corrected chi connectivity index (χ2v) is 5.91. The van der Waals surface area contributed by atoms with Gasteiger partial charge in [0.05, 0.1) is 6.26 Å². The van der Waals surface area contributed by atoms with Gasteiger partial charge in [0.25, 0.3) is 0 Å². The summed E-state index contributed by atoms with van der Waals surface area (Å²) in [5.74, 6) is 1.42. The van der Waals surface area contributed by atoms with Crippen LogP contribution in [-0.4, -0.2) is 28.6 Å². The third-order valence-electron chi connectivity index (χ3n) is 3.96. The summed E-state index contributed by atoms with van der Waals surface area (Å²) in [6, 6.07) is 16.2. The molecule has 0 aliphatic rings. The predicted molar refractivity (Wildman–Crippen MR) is 95.1 cm³/mol. The highest BCUT2D eigenvalue weighted by Crippen LogP contribution is 2.29. The fourth-order valence-electron chi connectivity index (χ4n) is 2.76. The van der Waals surface area contributed by atoms with Crippen LogP contribution >= 0.6 is 0 Å². The number of fused-ring (bicyclic) bond motifs is 1. The summed E-state index contributed by atoms with van der Waals surface area (Å²) in [7, 11) is 3.88. The van der Waals surface area contributed by atoms with Crippen molar-refractivity contribution in [2.45, 2.75) is 6.54 Å². The molecule has 0 radical (unpaired) electrons. The first-order valence-electron chi connectivity index (χ1n) is 7.84. The predicted octanol–water partition coefficient (Wildman–Crippen LogP) is 3.81. The summed E-state index contributed by atoms with van der Waals surface area (Å²) < 4.78 is 7.72. The van der Waals surface area contributed by atoms with Gasteiger partial charge in [-0.2, -0.15) is 4.98 Å². The van der Waals surface area contributed by atoms with Gasteiger partial charge in [0, 0.05) is 32.2 Å². The summed E-state index contributed by atoms with van der Waals surface area (Å²) in [5, 5.41) is 0.992. The van der Waals surface area contributed by atoms with Crippen LogP contribution < -0.4 is 4.90 Å². The Morgan fingerprint density at radius 1 is 1.00 bits per heavy atom. The van der Waals surface area contributed by atoms with E-state index in [4.69, 9.17) is 9.40 Å². The first-order valence-corrected chi connectivity index (χ1v) is 7.84. The van der Waals surface area contributed by atoms with E-state index < -0.39 is 0 Å². The lowest BCUT2D eigenvalue weighted by Crippen LogP contribution is -2.14. The molecule has 0 saturated heterocycles. The minimum Gasteiger partial charge on any atom is -0.463 e. The minimum absolute atomic E-state index is 0.668. The second-order valence-electron chi connectivity index (χ2n) is 5.91. The smallest absolute Gasteiger partial charge is 0.227 e. The fraction of sp³-hybridized carbons (Fsp3) is 0.158. The molecule has 0 unspecified atom stereocenters. The Kier molecular flexibility index (Phi) is 3.54. The van der Waals surface area contributed by atoms with Crippen LogP contribution in [0.2, 0.25) is 0 Å². The highest BCUT2D eigenvalue weighted by Gasteiger charge is 2.16. The summed E-state index contributed by atoms with van der Waals surface area (Å²) in [5.41, 5.74) is 2.96. The summed E-state index contributed by atoms with van der Waals surface area (Å²) in [6.07, 6.45) is 3.72. The lowest BCUT2D eigenvalue weighted by Gasteiger charge is -2.13. The maximum atomic E-state index is 5.57. The van der Waals surface area contributed by atoms with Gasteiger partial charge in [-0.05, 0) is 23.8 Å². The van der Waals surface area contributed by atoms with Gasteiger partial charge in [-0.3, -0.25) is 0 Å². The van der Waals surface area contributed by atoms with Crippen molar-refractivity contribution in [1.29, 1.82) is 0 Å². The van der Waals surface area contributed by atoms with E-state index in [2.05, 4.69) is 46.1 Å². The van der Waals surface area contributed by atoms with E-state index in [9.17, 15) is 0 Å². The van der Waals surface area contributed by atoms with Crippen molar-refractivity contribution < 1.29 is 4.42 Å². The molecule has 0 N–H and O–H groups in total. The molecule has 0 saturated carbocycles. The molecule has 5 heteroatoms. The van der Waals surface area contributed by atoms with Crippen molar-refractivity contribution >= 4 is 17.0 Å². The number of aromatic nitrogens is 3. The molecule has 0 atom stereocenters. The second kappa shape index (κ2) is 5.85. The van der Waals surface area contributed by atoms with Crippen LogP contribution in [0.3, 0.4) is 0 Å². The van der Waals surface area contributed by atoms with E-state index in [1.54, 1.807) is 6.26 Å². The van der Waals surface area contributed by atoms with E-state index in [0.29, 0.717) is 5.95 Å². The monoisotopic (exact) mass is 318 g/mol. The van der Waals surface area contributed by atoms with E-state index in [0.717, 1.165) is 29.0 Å². The zero-order valence-electron chi connectivity index (χ0n) is 13.7. The highest BCUT2D eigenvalue weighted by atomic mass is 16.3. The van der Waals surface area contributed by atoms with Gasteiger partial charge in [-0.1, -0.05) is 30.3 Å². The fourth-order valence-corrected chi connectivity index (χ4v) is 2.76. The molecule has 0 amide bonds. The van der Waals surface area contributed by atoms with Crippen LogP contribution in [0.5, 0.6) is 0 Å². The first-order chi connectivity index (χ1) is 11.7. The number of nitrogens with zero attached hydrogens (tertiary/aromatic N) is 4. The Morgan fingerprint density at radius 2 is 1.83 bits per heavy atom. The maximum Gasteiger partial charge on any atom is 0.227 e. The number of hydrogen-bond donors (Lipinski definition) is 0. The van der Waals surface area contributed by atoms with Crippen LogP contribution in [0.1, 0.15) is 5.56 Å². The summed E-state index contributed by atoms with van der Waals surface area (Å²) in [4.78, 5) is 11.3. The van der Waals surface area contributed by atoms with Gasteiger partial charge >= 0.3 is 0 Å². The molecule has 1 aromatic carbocycles. The number of benzene rings is 1. The Labute approximate surface area is 140 Å². The molecule has 0 spiro atoms. The highest BCUT2D eigenvalue weighted by molar-refractivity contribution is 5.90. The quantitative estimate of drug-likeness (QED) is 0.574. The molecule has 4 aromatic rings. The molecule has 4 rings (SSSR count). The van der Waals surface area contributed by atoms with Gasteiger partial charge in [0.1, 0.15) is 11.3 Å². The molecular weight excluding hydrogens is 300 g/mol. The van der Waals surface area contributed by atoms with Crippen molar-refractivity contribution in [2.24, 2.45) is 0 Å². The average molecular weight is 318 g/mol. The lowest BCUT2D eigenvalue weighted by molar-refractivity contribution is 0.580. The number of rotatable bonds is 4. The van der Waals surface area contributed by atoms with Crippen LogP contribution in [-0.2, 0) is 6.54 Å². The topological polar surface area (TPSA) is 47.1 Å². The van der Waals surface area contributed by atoms with Gasteiger partial charge in [-0.25, -0.2) is 4.98 Å². The van der Waals surface area contributed by atoms with E-state index in [1.165, 1.54) is 5.56 Å². The lowest BCUT2D eigenvalue weighted by atomic mass is 10.2. The van der Waals surface area contributed by atoms with Gasteiger partial charge in [0.15, 0.2) is 5.76 Å². The minimum atomic E-state index is 0.668. The largest absolute Gasteiger partial charge is 0.463 e. The Morgan fingerprint density at radius 3 is 2.54 bits per heavy atom. The van der Waals surface area contributed by atoms with Crippen molar-refractivity contribution in [1.82, 2.24) is 14.5 Å². The first kappa shape index (κ1) is 14.5. The summed E-state index contributed by atoms with van der Waals surface area (Å²) in [6.45, 7) is 0.770. The molecule has 120 valence electrons. The van der Waals surface area contributed by atoms with Crippen LogP contribution in [0.25, 0.3) is 22.5 Å². The van der Waals surface area contributed by atoms with Crippen molar-refractivity contribution in [3.63, 3.8) is 0 Å². The van der Waals surface area contributed by atoms with E-state index in [-0.39, 0.29) is 0 Å². The Hall–Kier alpha value is -3.08. The van der Waals surface area contributed by atoms with Crippen LogP contribution in [0, 0.1) is 0 Å². The van der Waals surface area contributed by atoms with Gasteiger partial charge < -0.3 is 13.9 Å². The standard InChI is InChI=1S/C19H18N4O/c1-22(2)19-20-17(16-9-6-12-24-16)15-10-11-23(18(15)21-19)13-14-7-4-3-5-8-14/h3-12H,13H2,1-2H3. The third kappa shape index (κ3) is 2.54. The molecule has 3 aromatic heterocycles. The SMILES string of the molecule is CN(C)c1nc(-c2ccco2)c2ccn(Cc3ccccc3)c2n1. The van der Waals surface area contributed by atoms with Crippen molar-refractivity contribution in [2.75, 3.05) is 19.0 Å². The van der Waals surface area contributed by atoms with Crippen molar-refractivity contribution in [3.8, 4) is 11.5 Å². The average Bonchev–Trinajstić information content (AvgIpc) is 3.25. The zero-order chi connectivity index (χ0) is 16.5. The molecule has 0 aliphatic carbocycles. The number of anilines is 1. The molecule has 24 heavy (non-hydrogen) atoms. The number of furan rings is 1. The van der Waals surface area contributed by atoms with E-state index in [1.807, 2.05) is 37.2 Å². The molecular formula is C19H18N4O. The van der Waals surface area contributed by atoms with Crippen molar-refractivity contribution in [3.05, 3.63) is 66.6 Å². The Balaban J connectivity index is 1.88. The molecule has 3 heterocycles. The summed E-state index contributed by atoms with van der Waals surface area (Å²) >= 11 is 0. The van der Waals surface area contributed by atoms with Gasteiger partial charge in [0.2, 0.25) is 5.95 Å². The maximum absolute atomic E-state index is 5.57. The zero-order valence-corrected chi connectivity index (χ0v) is 13.7. The van der Waals surface area contributed by atoms with Crippen LogP contribution in [0.15, 0.2) is 65.4 Å². The molecule has 5 nitrogen and oxygen atoms in total.